The number of nitrogens with one attached hydrogen (secondary N) is 2. The van der Waals surface area contributed by atoms with Crippen molar-refractivity contribution in [1.82, 2.24) is 10.4 Å². The van der Waals surface area contributed by atoms with Gasteiger partial charge in [0, 0.05) is 24.6 Å². The van der Waals surface area contributed by atoms with E-state index in [-0.39, 0.29) is 11.5 Å². The van der Waals surface area contributed by atoms with E-state index >= 15 is 0 Å². The number of esters is 1. The maximum absolute atomic E-state index is 13.2. The van der Waals surface area contributed by atoms with Gasteiger partial charge in [-0.1, -0.05) is 58.4 Å². The molecule has 1 amide bonds. The Morgan fingerprint density at radius 3 is 2.64 bits per heavy atom. The molecule has 2 heterocycles. The number of fused-ring (bicyclic) bond motifs is 1. The molecule has 0 unspecified atom stereocenters. The fourth-order valence-electron chi connectivity index (χ4n) is 3.73. The monoisotopic (exact) mass is 653 g/mol. The number of nitrogens with zero attached hydrogens (tertiary/aromatic N) is 1. The van der Waals surface area contributed by atoms with Gasteiger partial charge in [-0.25, -0.2) is 10.2 Å². The van der Waals surface area contributed by atoms with Crippen molar-refractivity contribution in [3.05, 3.63) is 110 Å². The fourth-order valence-corrected chi connectivity index (χ4v) is 4.74. The Morgan fingerprint density at radius 1 is 1.03 bits per heavy atom. The molecule has 7 nitrogen and oxygen atoms in total. The second-order valence-electron chi connectivity index (χ2n) is 7.65. The maximum Gasteiger partial charge on any atom is 0.379 e. The van der Waals surface area contributed by atoms with Crippen LogP contribution < -0.4 is 10.2 Å². The first kappa shape index (κ1) is 24.0. The summed E-state index contributed by atoms with van der Waals surface area (Å²) < 4.78 is 12.3. The lowest BCUT2D eigenvalue weighted by Crippen LogP contribution is -2.19. The van der Waals surface area contributed by atoms with Gasteiger partial charge in [0.15, 0.2) is 0 Å². The molecule has 0 fully saturated rings. The van der Waals surface area contributed by atoms with Crippen LogP contribution in [0.1, 0.15) is 26.6 Å². The largest absolute Gasteiger partial charge is 0.457 e. The summed E-state index contributed by atoms with van der Waals surface area (Å²) in [6.07, 6.45) is 2.81. The van der Waals surface area contributed by atoms with E-state index in [1.165, 1.54) is 18.5 Å². The molecule has 0 saturated heterocycles. The topological polar surface area (TPSA) is 96.7 Å². The zero-order valence-corrected chi connectivity index (χ0v) is 22.2. The van der Waals surface area contributed by atoms with Crippen molar-refractivity contribution in [2.45, 2.75) is 0 Å². The molecule has 178 valence electrons. The summed E-state index contributed by atoms with van der Waals surface area (Å²) >= 11 is 5.65. The van der Waals surface area contributed by atoms with Crippen molar-refractivity contribution in [1.29, 1.82) is 0 Å². The van der Waals surface area contributed by atoms with Crippen molar-refractivity contribution < 1.29 is 18.7 Å². The van der Waals surface area contributed by atoms with Crippen LogP contribution >= 0.6 is 38.5 Å². The minimum atomic E-state index is -0.638. The van der Waals surface area contributed by atoms with Crippen molar-refractivity contribution in [3.8, 4) is 16.9 Å². The van der Waals surface area contributed by atoms with Gasteiger partial charge in [0.25, 0.3) is 5.91 Å². The van der Waals surface area contributed by atoms with Crippen LogP contribution in [0.5, 0.6) is 5.75 Å². The Bertz CT molecular complexity index is 1590. The zero-order chi connectivity index (χ0) is 25.1. The summed E-state index contributed by atoms with van der Waals surface area (Å²) in [5.74, 6) is -0.693. The van der Waals surface area contributed by atoms with Crippen molar-refractivity contribution in [2.24, 2.45) is 5.10 Å². The fraction of sp³-hybridized carbons (Fsp3) is 0. The minimum absolute atomic E-state index is 0.0796. The quantitative estimate of drug-likeness (QED) is 0.0694. The molecule has 0 aliphatic heterocycles. The molecule has 3 aromatic carbocycles. The van der Waals surface area contributed by atoms with Gasteiger partial charge in [0.2, 0.25) is 5.76 Å². The molecule has 2 aromatic heterocycles. The molecule has 0 radical (unpaired) electrons. The molecular formula is C27H17BrIN3O4. The van der Waals surface area contributed by atoms with E-state index in [1.807, 2.05) is 48.5 Å². The van der Waals surface area contributed by atoms with Crippen LogP contribution in [0.3, 0.4) is 0 Å². The highest BCUT2D eigenvalue weighted by molar-refractivity contribution is 14.1. The number of furan rings is 1. The minimum Gasteiger partial charge on any atom is -0.457 e. The second-order valence-corrected chi connectivity index (χ2v) is 9.73. The summed E-state index contributed by atoms with van der Waals surface area (Å²) in [5, 5.41) is 5.08. The van der Waals surface area contributed by atoms with Gasteiger partial charge >= 0.3 is 5.97 Å². The number of hydrogen-bond donors (Lipinski definition) is 2. The Morgan fingerprint density at radius 2 is 1.86 bits per heavy atom. The van der Waals surface area contributed by atoms with Crippen LogP contribution in [0, 0.1) is 3.57 Å². The third-order valence-electron chi connectivity index (χ3n) is 5.34. The number of para-hydroxylation sites is 1. The predicted octanol–water partition coefficient (Wildman–Crippen LogP) is 6.78. The smallest absolute Gasteiger partial charge is 0.379 e. The predicted molar refractivity (Wildman–Crippen MR) is 149 cm³/mol. The molecule has 0 spiro atoms. The molecule has 2 N–H and O–H groups in total. The van der Waals surface area contributed by atoms with E-state index in [4.69, 9.17) is 9.15 Å². The van der Waals surface area contributed by atoms with Gasteiger partial charge in [0.1, 0.15) is 11.4 Å². The SMILES string of the molecule is O=C(Oc1ccc(Br)cc1C=NNC(=O)c1[nH]c2c(I)cccc2c1-c1ccccc1)c1ccco1. The summed E-state index contributed by atoms with van der Waals surface area (Å²) in [5.41, 5.74) is 6.07. The highest BCUT2D eigenvalue weighted by Gasteiger charge is 2.20. The van der Waals surface area contributed by atoms with Crippen molar-refractivity contribution >= 4 is 67.5 Å². The van der Waals surface area contributed by atoms with Crippen LogP contribution in [0.15, 0.2) is 99.1 Å². The Kier molecular flexibility index (Phi) is 7.01. The molecule has 0 saturated carbocycles. The average Bonchev–Trinajstić information content (AvgIpc) is 3.55. The Hall–Kier alpha value is -3.70. The number of benzene rings is 3. The van der Waals surface area contributed by atoms with Crippen molar-refractivity contribution in [3.63, 3.8) is 0 Å². The van der Waals surface area contributed by atoms with E-state index in [2.05, 4.69) is 54.0 Å². The number of carbonyl (C=O) groups excluding carboxylic acids is 2. The first-order chi connectivity index (χ1) is 17.5. The van der Waals surface area contributed by atoms with E-state index in [9.17, 15) is 9.59 Å². The van der Waals surface area contributed by atoms with E-state index in [0.29, 0.717) is 11.3 Å². The number of H-pyrrole nitrogens is 1. The summed E-state index contributed by atoms with van der Waals surface area (Å²) in [6.45, 7) is 0. The first-order valence-electron chi connectivity index (χ1n) is 10.8. The third kappa shape index (κ3) is 4.98. The molecular weight excluding hydrogens is 637 g/mol. The lowest BCUT2D eigenvalue weighted by atomic mass is 10.0. The number of rotatable bonds is 6. The second kappa shape index (κ2) is 10.5. The average molecular weight is 654 g/mol. The van der Waals surface area contributed by atoms with E-state index < -0.39 is 11.9 Å². The summed E-state index contributed by atoms with van der Waals surface area (Å²) in [4.78, 5) is 28.8. The van der Waals surface area contributed by atoms with Gasteiger partial charge in [0.05, 0.1) is 18.0 Å². The Balaban J connectivity index is 1.43. The number of aromatic nitrogens is 1. The molecule has 5 aromatic rings. The lowest BCUT2D eigenvalue weighted by Gasteiger charge is -2.07. The van der Waals surface area contributed by atoms with Crippen LogP contribution in [0.2, 0.25) is 0 Å². The molecule has 0 aliphatic rings. The Labute approximate surface area is 227 Å². The van der Waals surface area contributed by atoms with Crippen molar-refractivity contribution in [2.75, 3.05) is 0 Å². The van der Waals surface area contributed by atoms with Gasteiger partial charge in [-0.3, -0.25) is 4.79 Å². The molecule has 36 heavy (non-hydrogen) atoms. The standard InChI is InChI=1S/C27H17BrIN3O4/c28-18-11-12-21(36-27(34)22-10-5-13-35-22)17(14-18)15-30-32-26(33)25-23(16-6-2-1-3-7-16)19-8-4-9-20(29)24(19)31-25/h1-15,31H,(H,32,33). The summed E-state index contributed by atoms with van der Waals surface area (Å²) in [7, 11) is 0. The first-order valence-corrected chi connectivity index (χ1v) is 12.6. The van der Waals surface area contributed by atoms with E-state index in [1.54, 1.807) is 24.3 Å². The molecule has 0 aliphatic carbocycles. The number of carbonyl (C=O) groups is 2. The van der Waals surface area contributed by atoms with Crippen LogP contribution in [-0.4, -0.2) is 23.1 Å². The number of amides is 1. The highest BCUT2D eigenvalue weighted by Crippen LogP contribution is 2.34. The molecule has 9 heteroatoms. The molecule has 5 rings (SSSR count). The maximum atomic E-state index is 13.2. The highest BCUT2D eigenvalue weighted by atomic mass is 127. The number of hydrazone groups is 1. The van der Waals surface area contributed by atoms with Crippen LogP contribution in [0.4, 0.5) is 0 Å². The van der Waals surface area contributed by atoms with E-state index in [0.717, 1.165) is 30.1 Å². The number of ether oxygens (including phenoxy) is 1. The number of hydrogen-bond acceptors (Lipinski definition) is 5. The molecule has 0 atom stereocenters. The van der Waals surface area contributed by atoms with Crippen LogP contribution in [-0.2, 0) is 0 Å². The lowest BCUT2D eigenvalue weighted by molar-refractivity contribution is 0.0700. The van der Waals surface area contributed by atoms with Crippen LogP contribution in [0.25, 0.3) is 22.0 Å². The number of halogens is 2. The normalized spacial score (nSPS) is 11.2. The van der Waals surface area contributed by atoms with Gasteiger partial charge in [-0.2, -0.15) is 5.10 Å². The zero-order valence-electron chi connectivity index (χ0n) is 18.5. The summed E-state index contributed by atoms with van der Waals surface area (Å²) in [6, 6.07) is 23.8. The van der Waals surface area contributed by atoms with Gasteiger partial charge < -0.3 is 14.1 Å². The number of aromatic amines is 1. The third-order valence-corrected chi connectivity index (χ3v) is 6.73. The molecule has 0 bridgehead atoms. The van der Waals surface area contributed by atoms with Gasteiger partial charge in [-0.15, -0.1) is 0 Å². The van der Waals surface area contributed by atoms with Gasteiger partial charge in [-0.05, 0) is 64.6 Å².